The number of hydrogen-bond donors (Lipinski definition) is 0. The summed E-state index contributed by atoms with van der Waals surface area (Å²) in [5.74, 6) is 0. The molecule has 0 saturated heterocycles. The Kier molecular flexibility index (Phi) is 8.74. The normalized spacial score (nSPS) is 10.5. The molecule has 0 aliphatic rings. The van der Waals surface area contributed by atoms with E-state index in [1.807, 2.05) is 45.8 Å². The quantitative estimate of drug-likeness (QED) is 0.231. The third-order valence-electron chi connectivity index (χ3n) is 6.56. The van der Waals surface area contributed by atoms with Crippen molar-refractivity contribution in [3.05, 3.63) is 134 Å². The molecule has 188 valence electrons. The van der Waals surface area contributed by atoms with Gasteiger partial charge in [0.1, 0.15) is 0 Å². The van der Waals surface area contributed by atoms with E-state index in [0.29, 0.717) is 0 Å². The Morgan fingerprint density at radius 2 is 0.821 bits per heavy atom. The van der Waals surface area contributed by atoms with E-state index in [4.69, 9.17) is 0 Å². The van der Waals surface area contributed by atoms with Crippen LogP contribution in [-0.4, -0.2) is 19.6 Å². The number of halogens is 2. The standard InChI is InChI=1S/2C16H11N2.2ClH.Ti/c2*1-2-6-13-10-15(9-12(13)5-1)18-11-14-7-3-4-8-16(14)17-18;;;/h2*1-11H;2*1H;/q2*-1;;;+4/p-2. The van der Waals surface area contributed by atoms with E-state index in [9.17, 15) is 0 Å². The second kappa shape index (κ2) is 12.0. The van der Waals surface area contributed by atoms with E-state index in [0.717, 1.165) is 22.4 Å². The molecule has 0 saturated carbocycles. The maximum Gasteiger partial charge on any atom is 4.00 e. The van der Waals surface area contributed by atoms with Gasteiger partial charge in [0, 0.05) is 23.2 Å². The Labute approximate surface area is 253 Å². The van der Waals surface area contributed by atoms with Gasteiger partial charge in [0.25, 0.3) is 0 Å². The van der Waals surface area contributed by atoms with E-state index in [1.54, 1.807) is 0 Å². The van der Waals surface area contributed by atoms with Gasteiger partial charge < -0.3 is 24.8 Å². The molecule has 0 amide bonds. The Balaban J connectivity index is 0.000000168. The van der Waals surface area contributed by atoms with Crippen molar-refractivity contribution in [3.63, 3.8) is 0 Å². The molecule has 0 radical (unpaired) electrons. The molecule has 2 heterocycles. The third kappa shape index (κ3) is 5.56. The van der Waals surface area contributed by atoms with Gasteiger partial charge in [0.05, 0.1) is 11.0 Å². The third-order valence-corrected chi connectivity index (χ3v) is 6.56. The van der Waals surface area contributed by atoms with Gasteiger partial charge in [0.15, 0.2) is 0 Å². The molecular formula is C32H22Cl2N4Ti. The van der Waals surface area contributed by atoms with Gasteiger partial charge >= 0.3 is 21.7 Å². The van der Waals surface area contributed by atoms with Crippen LogP contribution in [0.5, 0.6) is 0 Å². The van der Waals surface area contributed by atoms with Gasteiger partial charge in [0.2, 0.25) is 0 Å². The van der Waals surface area contributed by atoms with Crippen molar-refractivity contribution in [1.29, 1.82) is 0 Å². The molecule has 0 fully saturated rings. The molecule has 4 nitrogen and oxygen atoms in total. The monoisotopic (exact) mass is 580 g/mol. The largest absolute Gasteiger partial charge is 4.00 e. The van der Waals surface area contributed by atoms with Crippen LogP contribution in [0.3, 0.4) is 0 Å². The Morgan fingerprint density at radius 3 is 1.21 bits per heavy atom. The zero-order chi connectivity index (χ0) is 23.9. The summed E-state index contributed by atoms with van der Waals surface area (Å²) in [4.78, 5) is 0. The van der Waals surface area contributed by atoms with E-state index in [1.165, 1.54) is 32.3 Å². The zero-order valence-corrected chi connectivity index (χ0v) is 23.8. The first-order chi connectivity index (χ1) is 17.8. The molecule has 0 bridgehead atoms. The Hall–Kier alpha value is -3.67. The summed E-state index contributed by atoms with van der Waals surface area (Å²) in [5.41, 5.74) is 4.30. The van der Waals surface area contributed by atoms with Crippen molar-refractivity contribution in [2.24, 2.45) is 0 Å². The van der Waals surface area contributed by atoms with Gasteiger partial charge in [-0.3, -0.25) is 9.36 Å². The number of benzene rings is 4. The maximum atomic E-state index is 4.59. The van der Waals surface area contributed by atoms with E-state index in [2.05, 4.69) is 108 Å². The number of nitrogens with zero attached hydrogens (tertiary/aromatic N) is 4. The molecule has 0 aliphatic carbocycles. The predicted octanol–water partition coefficient (Wildman–Crippen LogP) is 1.80. The first-order valence-electron chi connectivity index (χ1n) is 12.0. The van der Waals surface area contributed by atoms with Crippen molar-refractivity contribution in [3.8, 4) is 11.4 Å². The second-order valence-electron chi connectivity index (χ2n) is 8.95. The van der Waals surface area contributed by atoms with E-state index < -0.39 is 0 Å². The smallest absolute Gasteiger partial charge is 1.00 e. The molecule has 8 aromatic rings. The van der Waals surface area contributed by atoms with Crippen LogP contribution in [-0.2, 0) is 21.7 Å². The predicted molar refractivity (Wildman–Crippen MR) is 148 cm³/mol. The van der Waals surface area contributed by atoms with Crippen LogP contribution in [0.4, 0.5) is 0 Å². The van der Waals surface area contributed by atoms with E-state index in [-0.39, 0.29) is 46.5 Å². The summed E-state index contributed by atoms with van der Waals surface area (Å²) in [6.45, 7) is 0. The molecule has 8 rings (SSSR count). The molecule has 2 aromatic heterocycles. The molecule has 0 spiro atoms. The Morgan fingerprint density at radius 1 is 0.462 bits per heavy atom. The zero-order valence-electron chi connectivity index (χ0n) is 20.7. The summed E-state index contributed by atoms with van der Waals surface area (Å²) in [6.07, 6.45) is 4.15. The fraction of sp³-hybridized carbons (Fsp3) is 0. The van der Waals surface area contributed by atoms with Gasteiger partial charge in [-0.05, 0) is 23.5 Å². The summed E-state index contributed by atoms with van der Waals surface area (Å²) in [6, 6.07) is 41.8. The summed E-state index contributed by atoms with van der Waals surface area (Å²) < 4.78 is 3.90. The molecule has 7 heteroatoms. The maximum absolute atomic E-state index is 4.59. The fourth-order valence-corrected chi connectivity index (χ4v) is 4.73. The second-order valence-corrected chi connectivity index (χ2v) is 8.95. The van der Waals surface area contributed by atoms with Crippen LogP contribution in [0, 0.1) is 0 Å². The first-order valence-corrected chi connectivity index (χ1v) is 12.0. The Bertz CT molecular complexity index is 1560. The van der Waals surface area contributed by atoms with Crippen molar-refractivity contribution < 1.29 is 46.5 Å². The molecule has 39 heavy (non-hydrogen) atoms. The van der Waals surface area contributed by atoms with Crippen molar-refractivity contribution >= 4 is 43.4 Å². The van der Waals surface area contributed by atoms with Crippen molar-refractivity contribution in [2.45, 2.75) is 0 Å². The van der Waals surface area contributed by atoms with Crippen LogP contribution in [0.15, 0.2) is 134 Å². The summed E-state index contributed by atoms with van der Waals surface area (Å²) in [7, 11) is 0. The van der Waals surface area contributed by atoms with Crippen LogP contribution in [0.2, 0.25) is 0 Å². The average molecular weight is 581 g/mol. The minimum absolute atomic E-state index is 0. The topological polar surface area (TPSA) is 35.6 Å². The van der Waals surface area contributed by atoms with Crippen LogP contribution >= 0.6 is 0 Å². The minimum atomic E-state index is 0. The fourth-order valence-electron chi connectivity index (χ4n) is 4.73. The van der Waals surface area contributed by atoms with Crippen molar-refractivity contribution in [1.82, 2.24) is 19.6 Å². The average Bonchev–Trinajstić information content (AvgIpc) is 3.70. The molecule has 0 unspecified atom stereocenters. The minimum Gasteiger partial charge on any atom is -1.00 e. The van der Waals surface area contributed by atoms with Crippen molar-refractivity contribution in [2.75, 3.05) is 0 Å². The molecule has 0 atom stereocenters. The van der Waals surface area contributed by atoms with Gasteiger partial charge in [-0.25, -0.2) is 0 Å². The van der Waals surface area contributed by atoms with E-state index >= 15 is 0 Å². The summed E-state index contributed by atoms with van der Waals surface area (Å²) in [5, 5.41) is 16.6. The first kappa shape index (κ1) is 28.3. The summed E-state index contributed by atoms with van der Waals surface area (Å²) >= 11 is 0. The van der Waals surface area contributed by atoms with Crippen LogP contribution in [0.25, 0.3) is 54.7 Å². The number of hydrogen-bond acceptors (Lipinski definition) is 2. The van der Waals surface area contributed by atoms with Crippen LogP contribution < -0.4 is 24.8 Å². The number of rotatable bonds is 2. The van der Waals surface area contributed by atoms with Crippen LogP contribution in [0.1, 0.15) is 0 Å². The molecule has 6 aromatic carbocycles. The van der Waals surface area contributed by atoms with Gasteiger partial charge in [-0.1, -0.05) is 48.5 Å². The molecule has 0 N–H and O–H groups in total. The number of fused-ring (bicyclic) bond motifs is 4. The van der Waals surface area contributed by atoms with Gasteiger partial charge in [-0.2, -0.15) is 10.2 Å². The molecular weight excluding hydrogens is 559 g/mol. The van der Waals surface area contributed by atoms with Gasteiger partial charge in [-0.15, -0.1) is 82.2 Å². The SMILES string of the molecule is [Cl-].[Cl-].[Ti+4].c1ccc2[cH-]c(-n3cc4ccccc4n3)cc2c1.c1ccc2[cH-]c(-n3cc4ccccc4n3)cc2c1. The number of aromatic nitrogens is 4. The molecule has 0 aliphatic heterocycles.